The molecule has 0 aromatic carbocycles. The molecule has 0 aliphatic heterocycles. The maximum absolute atomic E-state index is 12.3. The van der Waals surface area contributed by atoms with Gasteiger partial charge in [-0.2, -0.15) is 0 Å². The third kappa shape index (κ3) is 43.5. The maximum Gasteiger partial charge on any atom is 0.326 e. The zero-order valence-electron chi connectivity index (χ0n) is 34.3. The van der Waals surface area contributed by atoms with Crippen LogP contribution in [-0.2, 0) is 47.7 Å². The largest absolute Gasteiger partial charge is 0.481 e. The molecule has 0 radical (unpaired) electrons. The third-order valence-electron chi connectivity index (χ3n) is 8.26. The summed E-state index contributed by atoms with van der Waals surface area (Å²) in [4.78, 5) is 69.0. The van der Waals surface area contributed by atoms with Crippen molar-refractivity contribution in [1.82, 2.24) is 16.0 Å². The van der Waals surface area contributed by atoms with Crippen molar-refractivity contribution in [3.05, 3.63) is 0 Å². The lowest BCUT2D eigenvalue weighted by atomic mass is 10.0. The predicted molar refractivity (Wildman–Crippen MR) is 211 cm³/mol. The van der Waals surface area contributed by atoms with Crippen LogP contribution in [0, 0.1) is 0 Å². The van der Waals surface area contributed by atoms with Crippen LogP contribution in [0.25, 0.3) is 0 Å². The summed E-state index contributed by atoms with van der Waals surface area (Å²) >= 11 is 0. The van der Waals surface area contributed by atoms with Crippen molar-refractivity contribution < 1.29 is 57.9 Å². The highest BCUT2D eigenvalue weighted by Gasteiger charge is 2.20. The summed E-state index contributed by atoms with van der Waals surface area (Å²) in [6.07, 6.45) is 18.4. The standard InChI is InChI=1S/C38H69N3O12.C2H6/c1-32(42)30-52-28-26-51-25-23-40-36(45)31-53-29-27-50-24-22-39-34(43)21-20-33(38(48)49)41-35(44)18-16-14-12-10-8-6-4-2-3-5-7-9-11-13-15-17-19-37(46)47;1-2/h33H,2-31H2,1H3,(H,39,43)(H,40,45)(H,41,44)(H,46,47)(H,48,49);1-2H3/t33-;/m0./s1. The molecule has 0 bridgehead atoms. The SMILES string of the molecule is CC.CC(=O)COCCOCCNC(=O)COCCOCCNC(=O)CC[C@H](NC(=O)CCCCCCCCCCCCCCCCCCC(=O)O)C(=O)O. The van der Waals surface area contributed by atoms with E-state index in [2.05, 4.69) is 16.0 Å². The summed E-state index contributed by atoms with van der Waals surface area (Å²) < 4.78 is 20.9. The van der Waals surface area contributed by atoms with Gasteiger partial charge in [0, 0.05) is 32.4 Å². The molecule has 0 spiro atoms. The van der Waals surface area contributed by atoms with E-state index in [0.717, 1.165) is 38.5 Å². The average molecular weight is 790 g/mol. The molecule has 0 fully saturated rings. The Morgan fingerprint density at radius 2 is 0.873 bits per heavy atom. The number of amides is 3. The van der Waals surface area contributed by atoms with Gasteiger partial charge >= 0.3 is 11.9 Å². The summed E-state index contributed by atoms with van der Waals surface area (Å²) in [5, 5.41) is 26.0. The fourth-order valence-corrected chi connectivity index (χ4v) is 5.32. The number of unbranched alkanes of at least 4 members (excludes halogenated alkanes) is 15. The van der Waals surface area contributed by atoms with Crippen molar-refractivity contribution >= 4 is 35.4 Å². The smallest absolute Gasteiger partial charge is 0.326 e. The molecule has 0 unspecified atom stereocenters. The monoisotopic (exact) mass is 790 g/mol. The number of Topliss-reactive ketones (excluding diaryl/α,β-unsaturated/α-hetero) is 1. The van der Waals surface area contributed by atoms with Crippen LogP contribution in [0.4, 0.5) is 0 Å². The minimum Gasteiger partial charge on any atom is -0.481 e. The quantitative estimate of drug-likeness (QED) is 0.0497. The van der Waals surface area contributed by atoms with Crippen LogP contribution in [0.2, 0.25) is 0 Å². The summed E-state index contributed by atoms with van der Waals surface area (Å²) in [6, 6.07) is -1.12. The van der Waals surface area contributed by atoms with Gasteiger partial charge in [-0.05, 0) is 26.2 Å². The summed E-state index contributed by atoms with van der Waals surface area (Å²) in [6.45, 7) is 7.48. The van der Waals surface area contributed by atoms with Crippen LogP contribution in [0.1, 0.15) is 149 Å². The van der Waals surface area contributed by atoms with Gasteiger partial charge in [-0.1, -0.05) is 104 Å². The van der Waals surface area contributed by atoms with E-state index in [1.165, 1.54) is 64.7 Å². The average Bonchev–Trinajstić information content (AvgIpc) is 3.15. The molecule has 0 saturated heterocycles. The number of rotatable bonds is 40. The van der Waals surface area contributed by atoms with Crippen LogP contribution >= 0.6 is 0 Å². The Kier molecular flexibility index (Phi) is 41.2. The second kappa shape index (κ2) is 42.0. The maximum atomic E-state index is 12.3. The van der Waals surface area contributed by atoms with Gasteiger partial charge in [0.05, 0.1) is 39.6 Å². The number of nitrogens with one attached hydrogen (secondary N) is 3. The first kappa shape index (κ1) is 54.0. The molecule has 15 heteroatoms. The Morgan fingerprint density at radius 1 is 0.473 bits per heavy atom. The number of ether oxygens (including phenoxy) is 4. The van der Waals surface area contributed by atoms with Gasteiger partial charge in [0.2, 0.25) is 17.7 Å². The van der Waals surface area contributed by atoms with Crippen LogP contribution in [0.15, 0.2) is 0 Å². The molecule has 0 aromatic heterocycles. The molecule has 55 heavy (non-hydrogen) atoms. The number of hydrogen-bond donors (Lipinski definition) is 5. The van der Waals surface area contributed by atoms with Crippen molar-refractivity contribution in [2.24, 2.45) is 0 Å². The highest BCUT2D eigenvalue weighted by molar-refractivity contribution is 5.84. The van der Waals surface area contributed by atoms with Crippen molar-refractivity contribution in [3.8, 4) is 0 Å². The molecule has 5 N–H and O–H groups in total. The van der Waals surface area contributed by atoms with E-state index in [4.69, 9.17) is 24.1 Å². The Hall–Kier alpha value is -3.14. The normalized spacial score (nSPS) is 11.3. The zero-order valence-corrected chi connectivity index (χ0v) is 34.3. The third-order valence-corrected chi connectivity index (χ3v) is 8.26. The Bertz CT molecular complexity index is 983. The number of carboxylic acid groups (broad SMARTS) is 2. The van der Waals surface area contributed by atoms with E-state index < -0.39 is 18.0 Å². The Morgan fingerprint density at radius 3 is 1.31 bits per heavy atom. The summed E-state index contributed by atoms with van der Waals surface area (Å²) in [5.74, 6) is -2.88. The topological polar surface area (TPSA) is 216 Å². The minimum atomic E-state index is -1.17. The van der Waals surface area contributed by atoms with Gasteiger partial charge in [-0.15, -0.1) is 0 Å². The van der Waals surface area contributed by atoms with E-state index in [-0.39, 0.29) is 88.8 Å². The van der Waals surface area contributed by atoms with E-state index in [1.807, 2.05) is 13.8 Å². The van der Waals surface area contributed by atoms with E-state index in [0.29, 0.717) is 32.8 Å². The van der Waals surface area contributed by atoms with Crippen LogP contribution in [0.3, 0.4) is 0 Å². The number of aliphatic carboxylic acids is 2. The second-order valence-electron chi connectivity index (χ2n) is 13.3. The number of ketones is 1. The number of hydrogen-bond acceptors (Lipinski definition) is 10. The van der Waals surface area contributed by atoms with Gasteiger partial charge in [0.1, 0.15) is 19.3 Å². The first-order chi connectivity index (χ1) is 26.6. The van der Waals surface area contributed by atoms with Gasteiger partial charge in [-0.3, -0.25) is 24.0 Å². The highest BCUT2D eigenvalue weighted by atomic mass is 16.5. The molecule has 1 atom stereocenters. The molecule has 0 rings (SSSR count). The molecule has 0 aliphatic carbocycles. The van der Waals surface area contributed by atoms with Gasteiger partial charge in [-0.25, -0.2) is 4.79 Å². The zero-order chi connectivity index (χ0) is 41.2. The fourth-order valence-electron chi connectivity index (χ4n) is 5.32. The van der Waals surface area contributed by atoms with Crippen LogP contribution in [0.5, 0.6) is 0 Å². The fraction of sp³-hybridized carbons (Fsp3) is 0.850. The lowest BCUT2D eigenvalue weighted by Gasteiger charge is -2.14. The van der Waals surface area contributed by atoms with Crippen molar-refractivity contribution in [2.45, 2.75) is 155 Å². The molecule has 322 valence electrons. The van der Waals surface area contributed by atoms with Gasteiger partial charge < -0.3 is 45.1 Å². The first-order valence-corrected chi connectivity index (χ1v) is 20.7. The molecule has 15 nitrogen and oxygen atoms in total. The van der Waals surface area contributed by atoms with Crippen molar-refractivity contribution in [1.29, 1.82) is 0 Å². The minimum absolute atomic E-state index is 0.0124. The lowest BCUT2D eigenvalue weighted by Crippen LogP contribution is -2.41. The number of carbonyl (C=O) groups is 6. The molecule has 0 aliphatic rings. The Balaban J connectivity index is 0. The molecule has 3 amide bonds. The van der Waals surface area contributed by atoms with Crippen molar-refractivity contribution in [3.63, 3.8) is 0 Å². The van der Waals surface area contributed by atoms with Gasteiger partial charge in [0.15, 0.2) is 5.78 Å². The molecular formula is C40H75N3O12. The van der Waals surface area contributed by atoms with E-state index in [1.54, 1.807) is 0 Å². The van der Waals surface area contributed by atoms with E-state index in [9.17, 15) is 33.9 Å². The molecule has 0 saturated carbocycles. The predicted octanol–water partition coefficient (Wildman–Crippen LogP) is 5.36. The highest BCUT2D eigenvalue weighted by Crippen LogP contribution is 2.14. The first-order valence-electron chi connectivity index (χ1n) is 20.7. The van der Waals surface area contributed by atoms with Gasteiger partial charge in [0.25, 0.3) is 0 Å². The summed E-state index contributed by atoms with van der Waals surface area (Å²) in [7, 11) is 0. The Labute approximate surface area is 330 Å². The molecule has 0 heterocycles. The molecular weight excluding hydrogens is 714 g/mol. The van der Waals surface area contributed by atoms with Crippen LogP contribution < -0.4 is 16.0 Å². The number of carboxylic acids is 2. The van der Waals surface area contributed by atoms with Crippen molar-refractivity contribution in [2.75, 3.05) is 65.9 Å². The summed E-state index contributed by atoms with van der Waals surface area (Å²) in [5.41, 5.74) is 0. The van der Waals surface area contributed by atoms with Crippen LogP contribution in [-0.4, -0.2) is 118 Å². The molecule has 0 aromatic rings. The van der Waals surface area contributed by atoms with E-state index >= 15 is 0 Å². The number of carbonyl (C=O) groups excluding carboxylic acids is 4. The lowest BCUT2D eigenvalue weighted by molar-refractivity contribution is -0.142. The second-order valence-corrected chi connectivity index (χ2v) is 13.3.